The van der Waals surface area contributed by atoms with Gasteiger partial charge in [0.05, 0.1) is 26.4 Å². The summed E-state index contributed by atoms with van der Waals surface area (Å²) in [5.74, 6) is -1.32. The summed E-state index contributed by atoms with van der Waals surface area (Å²) in [4.78, 5) is 72.8. The van der Waals surface area contributed by atoms with Crippen LogP contribution in [0.15, 0.2) is 0 Å². The predicted octanol–water partition coefficient (Wildman–Crippen LogP) is 23.3. The van der Waals surface area contributed by atoms with Crippen LogP contribution in [0.5, 0.6) is 0 Å². The van der Waals surface area contributed by atoms with Gasteiger partial charge in [-0.1, -0.05) is 362 Å². The summed E-state index contributed by atoms with van der Waals surface area (Å²) < 4.78 is 68.5. The number of ether oxygens (including phenoxy) is 4. The number of carbonyl (C=O) groups excluding carboxylic acids is 4. The van der Waals surface area contributed by atoms with Gasteiger partial charge in [-0.3, -0.25) is 37.3 Å². The average Bonchev–Trinajstić information content (AvgIpc) is 1.34. The Bertz CT molecular complexity index is 1860. The van der Waals surface area contributed by atoms with E-state index >= 15 is 0 Å². The molecule has 0 rings (SSSR count). The van der Waals surface area contributed by atoms with E-state index < -0.39 is 97.5 Å². The van der Waals surface area contributed by atoms with Gasteiger partial charge in [-0.05, 0) is 31.6 Å². The summed E-state index contributed by atoms with van der Waals surface area (Å²) in [6.45, 7) is 7.31. The molecular formula is C78H152O17P2. The summed E-state index contributed by atoms with van der Waals surface area (Å²) in [6, 6.07) is 0. The van der Waals surface area contributed by atoms with E-state index in [9.17, 15) is 43.2 Å². The third-order valence-corrected chi connectivity index (χ3v) is 20.2. The molecule has 0 aliphatic heterocycles. The molecule has 0 aliphatic carbocycles. The number of carbonyl (C=O) groups is 4. The first-order chi connectivity index (χ1) is 47.0. The van der Waals surface area contributed by atoms with Crippen LogP contribution in [0.1, 0.15) is 413 Å². The second-order valence-electron chi connectivity index (χ2n) is 28.6. The van der Waals surface area contributed by atoms with E-state index in [4.69, 9.17) is 37.0 Å². The van der Waals surface area contributed by atoms with Gasteiger partial charge in [0.1, 0.15) is 19.3 Å². The fourth-order valence-electron chi connectivity index (χ4n) is 12.1. The number of hydrogen-bond donors (Lipinski definition) is 3. The Kier molecular flexibility index (Phi) is 69.6. The standard InChI is InChI=1S/C78H152O17P2/c1-6-9-12-15-18-21-23-25-27-28-29-30-31-35-40-44-49-54-59-64-78(83)95-74(68-89-76(81)62-57-52-47-42-38-36-32-33-37-41-45-50-55-60-71(4)5)70-93-97(86,87)91-66-72(79)65-90-96(84,85)92-69-73(67-88-75(80)61-56-51-46-20-17-14-11-8-3)94-77(82)63-58-53-48-43-39-34-26-24-22-19-16-13-10-7-2/h71-74,79H,6-70H2,1-5H3,(H,84,85)(H,86,87)/t72-,73+,74+/m0/s1. The maximum absolute atomic E-state index is 13.1. The van der Waals surface area contributed by atoms with Crippen LogP contribution in [-0.4, -0.2) is 96.7 Å². The number of aliphatic hydroxyl groups excluding tert-OH is 1. The van der Waals surface area contributed by atoms with Crippen molar-refractivity contribution < 1.29 is 80.2 Å². The molecule has 5 atom stereocenters. The summed E-state index contributed by atoms with van der Waals surface area (Å²) in [6.07, 6.45) is 61.1. The summed E-state index contributed by atoms with van der Waals surface area (Å²) in [5.41, 5.74) is 0. The van der Waals surface area contributed by atoms with Gasteiger partial charge in [-0.2, -0.15) is 0 Å². The van der Waals surface area contributed by atoms with Crippen molar-refractivity contribution in [2.45, 2.75) is 432 Å². The maximum atomic E-state index is 13.1. The van der Waals surface area contributed by atoms with Crippen molar-refractivity contribution in [2.24, 2.45) is 5.92 Å². The highest BCUT2D eigenvalue weighted by molar-refractivity contribution is 7.47. The first kappa shape index (κ1) is 95.1. The molecule has 2 unspecified atom stereocenters. The lowest BCUT2D eigenvalue weighted by Gasteiger charge is -2.21. The van der Waals surface area contributed by atoms with Crippen LogP contribution >= 0.6 is 15.6 Å². The van der Waals surface area contributed by atoms with Crippen molar-refractivity contribution in [1.29, 1.82) is 0 Å². The number of aliphatic hydroxyl groups is 1. The normalized spacial score (nSPS) is 13.9. The molecule has 17 nitrogen and oxygen atoms in total. The topological polar surface area (TPSA) is 237 Å². The Hall–Kier alpha value is -1.94. The first-order valence-corrected chi connectivity index (χ1v) is 43.6. The Morgan fingerprint density at radius 2 is 0.474 bits per heavy atom. The smallest absolute Gasteiger partial charge is 0.462 e. The molecule has 0 amide bonds. The largest absolute Gasteiger partial charge is 0.472 e. The van der Waals surface area contributed by atoms with E-state index in [2.05, 4.69) is 34.6 Å². The van der Waals surface area contributed by atoms with Gasteiger partial charge >= 0.3 is 39.5 Å². The highest BCUT2D eigenvalue weighted by atomic mass is 31.2. The molecular weight excluding hydrogens is 1270 g/mol. The number of phosphoric acid groups is 2. The van der Waals surface area contributed by atoms with Crippen molar-refractivity contribution >= 4 is 39.5 Å². The van der Waals surface area contributed by atoms with Crippen molar-refractivity contribution in [3.63, 3.8) is 0 Å². The predicted molar refractivity (Wildman–Crippen MR) is 395 cm³/mol. The summed E-state index contributed by atoms with van der Waals surface area (Å²) in [7, 11) is -9.91. The van der Waals surface area contributed by atoms with Gasteiger partial charge in [0, 0.05) is 25.7 Å². The molecule has 19 heteroatoms. The third-order valence-electron chi connectivity index (χ3n) is 18.3. The van der Waals surface area contributed by atoms with Crippen LogP contribution in [-0.2, 0) is 65.4 Å². The van der Waals surface area contributed by atoms with Crippen molar-refractivity contribution in [2.75, 3.05) is 39.6 Å². The number of unbranched alkanes of at least 4 members (excludes halogenated alkanes) is 50. The van der Waals surface area contributed by atoms with Crippen molar-refractivity contribution in [3.05, 3.63) is 0 Å². The molecule has 3 N–H and O–H groups in total. The van der Waals surface area contributed by atoms with E-state index in [0.29, 0.717) is 25.7 Å². The lowest BCUT2D eigenvalue weighted by molar-refractivity contribution is -0.161. The van der Waals surface area contributed by atoms with E-state index in [1.807, 2.05) is 0 Å². The lowest BCUT2D eigenvalue weighted by atomic mass is 10.0. The van der Waals surface area contributed by atoms with Gasteiger partial charge in [-0.15, -0.1) is 0 Å². The minimum absolute atomic E-state index is 0.108. The lowest BCUT2D eigenvalue weighted by Crippen LogP contribution is -2.30. The molecule has 0 saturated heterocycles. The van der Waals surface area contributed by atoms with Crippen LogP contribution in [0.3, 0.4) is 0 Å². The minimum atomic E-state index is -4.96. The number of rotatable bonds is 78. The zero-order chi connectivity index (χ0) is 71.2. The SMILES string of the molecule is CCCCCCCCCCCCCCCCCCCCCC(=O)O[C@H](COC(=O)CCCCCCCCCCCCCCCC(C)C)COP(=O)(O)OC[C@@H](O)COP(=O)(O)OC[C@@H](COC(=O)CCCCCCCCCC)OC(=O)CCCCCCCCCCCCCCCC. The third kappa shape index (κ3) is 72.2. The molecule has 0 spiro atoms. The second kappa shape index (κ2) is 71.1. The van der Waals surface area contributed by atoms with E-state index in [0.717, 1.165) is 102 Å². The Morgan fingerprint density at radius 3 is 0.701 bits per heavy atom. The van der Waals surface area contributed by atoms with Gasteiger partial charge in [0.15, 0.2) is 12.2 Å². The molecule has 0 saturated carbocycles. The van der Waals surface area contributed by atoms with E-state index in [1.165, 1.54) is 231 Å². The highest BCUT2D eigenvalue weighted by Crippen LogP contribution is 2.45. The first-order valence-electron chi connectivity index (χ1n) is 40.6. The number of phosphoric ester groups is 2. The highest BCUT2D eigenvalue weighted by Gasteiger charge is 2.30. The van der Waals surface area contributed by atoms with Crippen LogP contribution in [0.4, 0.5) is 0 Å². The number of hydrogen-bond acceptors (Lipinski definition) is 15. The zero-order valence-corrected chi connectivity index (χ0v) is 65.0. The molecule has 0 heterocycles. The summed E-state index contributed by atoms with van der Waals surface area (Å²) in [5, 5.41) is 10.6. The molecule has 0 aromatic heterocycles. The van der Waals surface area contributed by atoms with Gasteiger partial charge < -0.3 is 33.8 Å². The molecule has 0 radical (unpaired) electrons. The molecule has 0 aromatic carbocycles. The fourth-order valence-corrected chi connectivity index (χ4v) is 13.6. The van der Waals surface area contributed by atoms with Crippen molar-refractivity contribution in [1.82, 2.24) is 0 Å². The Balaban J connectivity index is 5.20. The summed E-state index contributed by atoms with van der Waals surface area (Å²) >= 11 is 0. The molecule has 0 bridgehead atoms. The quantitative estimate of drug-likeness (QED) is 0.0222. The monoisotopic (exact) mass is 1420 g/mol. The zero-order valence-electron chi connectivity index (χ0n) is 63.2. The van der Waals surface area contributed by atoms with Crippen LogP contribution < -0.4 is 0 Å². The maximum Gasteiger partial charge on any atom is 0.472 e. The molecule has 0 aromatic rings. The molecule has 576 valence electrons. The van der Waals surface area contributed by atoms with E-state index in [1.54, 1.807) is 0 Å². The van der Waals surface area contributed by atoms with Crippen molar-refractivity contribution in [3.8, 4) is 0 Å². The Morgan fingerprint density at radius 1 is 0.278 bits per heavy atom. The molecule has 0 aliphatic rings. The molecule has 97 heavy (non-hydrogen) atoms. The minimum Gasteiger partial charge on any atom is -0.462 e. The van der Waals surface area contributed by atoms with Gasteiger partial charge in [0.25, 0.3) is 0 Å². The second-order valence-corrected chi connectivity index (χ2v) is 31.5. The van der Waals surface area contributed by atoms with Gasteiger partial charge in [-0.25, -0.2) is 9.13 Å². The van der Waals surface area contributed by atoms with Gasteiger partial charge in [0.2, 0.25) is 0 Å². The van der Waals surface area contributed by atoms with Crippen LogP contribution in [0.25, 0.3) is 0 Å². The molecule has 0 fully saturated rings. The van der Waals surface area contributed by atoms with Crippen LogP contribution in [0, 0.1) is 5.92 Å². The van der Waals surface area contributed by atoms with E-state index in [-0.39, 0.29) is 25.7 Å². The Labute approximate surface area is 594 Å². The average molecular weight is 1420 g/mol. The fraction of sp³-hybridized carbons (Fsp3) is 0.949. The number of esters is 4. The van der Waals surface area contributed by atoms with Crippen LogP contribution in [0.2, 0.25) is 0 Å².